The minimum atomic E-state index is -0.343. The van der Waals surface area contributed by atoms with Crippen LogP contribution in [0.1, 0.15) is 63.1 Å². The fourth-order valence-corrected chi connectivity index (χ4v) is 3.64. The number of benzene rings is 1. The molecule has 2 rings (SSSR count). The standard InChI is InChI=1S/C21H29N5O3S.HI/c1-6-23-18(27)16-10-8-15(9-11-16)12-24-21(22-5)26-14(4)19-25-13(3)17(30-19)20(28)29-7-2;/h8-11,14H,6-7,12H2,1-5H3,(H,23,27)(H2,22,24,26);1H. The van der Waals surface area contributed by atoms with Gasteiger partial charge in [-0.3, -0.25) is 9.79 Å². The lowest BCUT2D eigenvalue weighted by Gasteiger charge is -2.16. The van der Waals surface area contributed by atoms with Crippen molar-refractivity contribution in [2.75, 3.05) is 20.2 Å². The van der Waals surface area contributed by atoms with Gasteiger partial charge in [0.1, 0.15) is 9.88 Å². The van der Waals surface area contributed by atoms with E-state index in [9.17, 15) is 9.59 Å². The summed E-state index contributed by atoms with van der Waals surface area (Å²) in [6.07, 6.45) is 0. The monoisotopic (exact) mass is 559 g/mol. The molecule has 0 saturated heterocycles. The highest BCUT2D eigenvalue weighted by molar-refractivity contribution is 14.0. The van der Waals surface area contributed by atoms with Gasteiger partial charge < -0.3 is 20.7 Å². The summed E-state index contributed by atoms with van der Waals surface area (Å²) in [5.74, 6) is 0.189. The van der Waals surface area contributed by atoms with E-state index in [1.54, 1.807) is 33.0 Å². The van der Waals surface area contributed by atoms with Crippen LogP contribution in [0.3, 0.4) is 0 Å². The second-order valence-corrected chi connectivity index (χ2v) is 7.57. The lowest BCUT2D eigenvalue weighted by atomic mass is 10.1. The van der Waals surface area contributed by atoms with Gasteiger partial charge >= 0.3 is 5.97 Å². The van der Waals surface area contributed by atoms with E-state index in [0.717, 1.165) is 10.6 Å². The summed E-state index contributed by atoms with van der Waals surface area (Å²) in [6, 6.07) is 7.28. The van der Waals surface area contributed by atoms with Crippen molar-refractivity contribution >= 4 is 53.1 Å². The number of esters is 1. The molecule has 3 N–H and O–H groups in total. The molecule has 10 heteroatoms. The molecule has 0 radical (unpaired) electrons. The Labute approximate surface area is 204 Å². The fourth-order valence-electron chi connectivity index (χ4n) is 2.67. The number of halogens is 1. The zero-order valence-electron chi connectivity index (χ0n) is 18.4. The van der Waals surface area contributed by atoms with Crippen LogP contribution in [0.2, 0.25) is 0 Å². The molecule has 0 spiro atoms. The van der Waals surface area contributed by atoms with Crippen molar-refractivity contribution in [3.63, 3.8) is 0 Å². The van der Waals surface area contributed by atoms with Crippen molar-refractivity contribution < 1.29 is 14.3 Å². The third-order valence-corrected chi connectivity index (χ3v) is 5.55. The van der Waals surface area contributed by atoms with E-state index in [0.29, 0.717) is 41.8 Å². The number of ether oxygens (including phenoxy) is 1. The van der Waals surface area contributed by atoms with Crippen LogP contribution in [0.4, 0.5) is 0 Å². The molecule has 0 aliphatic carbocycles. The maximum atomic E-state index is 12.0. The van der Waals surface area contributed by atoms with E-state index in [1.165, 1.54) is 11.3 Å². The van der Waals surface area contributed by atoms with Gasteiger partial charge in [0.05, 0.1) is 18.3 Å². The number of hydrogen-bond donors (Lipinski definition) is 3. The van der Waals surface area contributed by atoms with Crippen LogP contribution in [-0.4, -0.2) is 43.0 Å². The topological polar surface area (TPSA) is 105 Å². The first kappa shape index (κ1) is 26.8. The van der Waals surface area contributed by atoms with Gasteiger partial charge in [0.25, 0.3) is 5.91 Å². The number of carbonyl (C=O) groups excluding carboxylic acids is 2. The molecule has 1 unspecified atom stereocenters. The second kappa shape index (κ2) is 13.3. The highest BCUT2D eigenvalue weighted by atomic mass is 127. The van der Waals surface area contributed by atoms with E-state index < -0.39 is 0 Å². The molecule has 8 nitrogen and oxygen atoms in total. The summed E-state index contributed by atoms with van der Waals surface area (Å²) in [5, 5.41) is 10.1. The first-order valence-corrected chi connectivity index (χ1v) is 10.7. The summed E-state index contributed by atoms with van der Waals surface area (Å²) in [7, 11) is 1.69. The van der Waals surface area contributed by atoms with Crippen LogP contribution in [-0.2, 0) is 11.3 Å². The van der Waals surface area contributed by atoms with E-state index in [1.807, 2.05) is 26.0 Å². The van der Waals surface area contributed by atoms with E-state index in [2.05, 4.69) is 25.9 Å². The summed E-state index contributed by atoms with van der Waals surface area (Å²) in [5.41, 5.74) is 2.32. The van der Waals surface area contributed by atoms with Gasteiger partial charge in [0.2, 0.25) is 0 Å². The van der Waals surface area contributed by atoms with Gasteiger partial charge in [-0.2, -0.15) is 0 Å². The Morgan fingerprint density at radius 2 is 1.87 bits per heavy atom. The number of aromatic nitrogens is 1. The van der Waals surface area contributed by atoms with Crippen molar-refractivity contribution in [2.24, 2.45) is 4.99 Å². The molecule has 2 aromatic rings. The minimum Gasteiger partial charge on any atom is -0.462 e. The molecule has 1 aromatic carbocycles. The minimum absolute atomic E-state index is 0. The number of carbonyl (C=O) groups is 2. The number of nitrogens with one attached hydrogen (secondary N) is 3. The average Bonchev–Trinajstić information content (AvgIpc) is 3.13. The van der Waals surface area contributed by atoms with Gasteiger partial charge in [-0.15, -0.1) is 35.3 Å². The Morgan fingerprint density at radius 3 is 2.45 bits per heavy atom. The van der Waals surface area contributed by atoms with Crippen LogP contribution >= 0.6 is 35.3 Å². The van der Waals surface area contributed by atoms with Gasteiger partial charge in [-0.05, 0) is 45.4 Å². The fraction of sp³-hybridized carbons (Fsp3) is 0.429. The second-order valence-electron chi connectivity index (χ2n) is 6.54. The first-order valence-electron chi connectivity index (χ1n) is 9.88. The zero-order valence-corrected chi connectivity index (χ0v) is 21.6. The van der Waals surface area contributed by atoms with E-state index in [4.69, 9.17) is 4.74 Å². The van der Waals surface area contributed by atoms with Crippen LogP contribution in [0, 0.1) is 6.92 Å². The van der Waals surface area contributed by atoms with Crippen LogP contribution in [0.5, 0.6) is 0 Å². The Balaban J connectivity index is 0.00000480. The SMILES string of the molecule is CCNC(=O)c1ccc(CNC(=NC)NC(C)c2nc(C)c(C(=O)OCC)s2)cc1.I. The molecule has 0 fully saturated rings. The number of rotatable bonds is 8. The molecule has 0 aliphatic heterocycles. The number of aliphatic imine (C=N–C) groups is 1. The Kier molecular flexibility index (Phi) is 11.5. The number of amides is 1. The maximum Gasteiger partial charge on any atom is 0.350 e. The molecule has 1 heterocycles. The molecule has 170 valence electrons. The summed E-state index contributed by atoms with van der Waals surface area (Å²) in [4.78, 5) is 33.1. The molecule has 0 bridgehead atoms. The van der Waals surface area contributed by atoms with Crippen molar-refractivity contribution in [3.8, 4) is 0 Å². The van der Waals surface area contributed by atoms with Crippen molar-refractivity contribution in [1.29, 1.82) is 0 Å². The Bertz CT molecular complexity index is 899. The first-order chi connectivity index (χ1) is 14.4. The molecule has 0 saturated carbocycles. The predicted octanol–water partition coefficient (Wildman–Crippen LogP) is 3.42. The van der Waals surface area contributed by atoms with Crippen LogP contribution < -0.4 is 16.0 Å². The lowest BCUT2D eigenvalue weighted by molar-refractivity contribution is 0.0531. The predicted molar refractivity (Wildman–Crippen MR) is 134 cm³/mol. The normalized spacial score (nSPS) is 11.8. The molecule has 0 aliphatic rings. The number of guanidine groups is 1. The summed E-state index contributed by atoms with van der Waals surface area (Å²) < 4.78 is 5.08. The zero-order chi connectivity index (χ0) is 22.1. The number of hydrogen-bond acceptors (Lipinski definition) is 6. The molecule has 31 heavy (non-hydrogen) atoms. The van der Waals surface area contributed by atoms with Gasteiger partial charge in [0, 0.05) is 25.7 Å². The molecule has 1 aromatic heterocycles. The number of thiazole rings is 1. The summed E-state index contributed by atoms with van der Waals surface area (Å²) >= 11 is 1.32. The van der Waals surface area contributed by atoms with Crippen molar-refractivity contribution in [2.45, 2.75) is 40.3 Å². The molecular weight excluding hydrogens is 529 g/mol. The Hall–Kier alpha value is -2.21. The molecule has 1 amide bonds. The quantitative estimate of drug-likeness (QED) is 0.198. The van der Waals surface area contributed by atoms with Crippen LogP contribution in [0.15, 0.2) is 29.3 Å². The largest absolute Gasteiger partial charge is 0.462 e. The van der Waals surface area contributed by atoms with Gasteiger partial charge in [-0.1, -0.05) is 12.1 Å². The molecule has 1 atom stereocenters. The molecular formula is C21H30IN5O3S. The van der Waals surface area contributed by atoms with Crippen molar-refractivity contribution in [3.05, 3.63) is 51.0 Å². The third kappa shape index (κ3) is 7.76. The Morgan fingerprint density at radius 1 is 1.19 bits per heavy atom. The van der Waals surface area contributed by atoms with Gasteiger partial charge in [-0.25, -0.2) is 9.78 Å². The van der Waals surface area contributed by atoms with Crippen molar-refractivity contribution in [1.82, 2.24) is 20.9 Å². The van der Waals surface area contributed by atoms with Crippen LogP contribution in [0.25, 0.3) is 0 Å². The highest BCUT2D eigenvalue weighted by Gasteiger charge is 2.20. The van der Waals surface area contributed by atoms with E-state index >= 15 is 0 Å². The number of aryl methyl sites for hydroxylation is 1. The van der Waals surface area contributed by atoms with E-state index in [-0.39, 0.29) is 41.9 Å². The number of nitrogens with zero attached hydrogens (tertiary/aromatic N) is 2. The smallest absolute Gasteiger partial charge is 0.350 e. The average molecular weight is 559 g/mol. The maximum absolute atomic E-state index is 12.0. The third-order valence-electron chi connectivity index (χ3n) is 4.23. The summed E-state index contributed by atoms with van der Waals surface area (Å²) in [6.45, 7) is 8.91. The highest BCUT2D eigenvalue weighted by Crippen LogP contribution is 2.24. The lowest BCUT2D eigenvalue weighted by Crippen LogP contribution is -2.38. The van der Waals surface area contributed by atoms with Gasteiger partial charge in [0.15, 0.2) is 5.96 Å².